The molecule has 54 valence electrons. The lowest BCUT2D eigenvalue weighted by Crippen LogP contribution is -2.26. The molecular weight excluding hydrogens is 148 g/mol. The van der Waals surface area contributed by atoms with Crippen LogP contribution in [0.4, 0.5) is 0 Å². The third kappa shape index (κ3) is 2.43. The van der Waals surface area contributed by atoms with Gasteiger partial charge in [-0.1, -0.05) is 0 Å². The molecule has 0 aliphatic carbocycles. The number of carboxylic acids is 1. The molecule has 0 rings (SSSR count). The molecule has 5 nitrogen and oxygen atoms in total. The quantitative estimate of drug-likeness (QED) is 0.513. The van der Waals surface area contributed by atoms with Gasteiger partial charge in [-0.25, -0.2) is 8.42 Å². The normalized spacial score (nSPS) is 14.9. The Morgan fingerprint density at radius 2 is 2.00 bits per heavy atom. The van der Waals surface area contributed by atoms with Gasteiger partial charge in [-0.2, -0.15) is 0 Å². The van der Waals surface area contributed by atoms with E-state index < -0.39 is 21.3 Å². The number of rotatable bonds is 2. The van der Waals surface area contributed by atoms with Crippen LogP contribution in [0.15, 0.2) is 0 Å². The van der Waals surface area contributed by atoms with Crippen LogP contribution in [-0.4, -0.2) is 29.3 Å². The molecule has 0 aromatic carbocycles. The SMILES string of the molecule is CC(C(=O)O)S(=O)(=O)[O-]. The summed E-state index contributed by atoms with van der Waals surface area (Å²) in [7, 11) is -4.65. The van der Waals surface area contributed by atoms with E-state index in [1.807, 2.05) is 0 Å². The van der Waals surface area contributed by atoms with E-state index >= 15 is 0 Å². The minimum atomic E-state index is -4.65. The van der Waals surface area contributed by atoms with E-state index in [1.165, 1.54) is 0 Å². The van der Waals surface area contributed by atoms with E-state index in [9.17, 15) is 17.8 Å². The molecule has 1 N–H and O–H groups in total. The Morgan fingerprint density at radius 1 is 1.67 bits per heavy atom. The molecule has 0 spiro atoms. The second-order valence-corrected chi connectivity index (χ2v) is 3.17. The van der Waals surface area contributed by atoms with Crippen LogP contribution in [0.1, 0.15) is 6.92 Å². The van der Waals surface area contributed by atoms with Crippen molar-refractivity contribution in [3.63, 3.8) is 0 Å². The van der Waals surface area contributed by atoms with Crippen LogP contribution in [0, 0.1) is 0 Å². The van der Waals surface area contributed by atoms with Gasteiger partial charge in [0.1, 0.15) is 15.4 Å². The Labute approximate surface area is 52.1 Å². The summed E-state index contributed by atoms with van der Waals surface area (Å²) in [5, 5.41) is 6.09. The standard InChI is InChI=1S/C3H6O5S/c1-2(3(4)5)9(6,7)8/h2H,1H3,(H,4,5)(H,6,7,8)/p-1. The van der Waals surface area contributed by atoms with Crippen molar-refractivity contribution in [3.05, 3.63) is 0 Å². The smallest absolute Gasteiger partial charge is 0.320 e. The molecule has 6 heteroatoms. The van der Waals surface area contributed by atoms with Gasteiger partial charge in [-0.15, -0.1) is 0 Å². The van der Waals surface area contributed by atoms with Crippen molar-refractivity contribution >= 4 is 16.1 Å². The van der Waals surface area contributed by atoms with E-state index in [1.54, 1.807) is 0 Å². The van der Waals surface area contributed by atoms with E-state index in [2.05, 4.69) is 0 Å². The molecule has 9 heavy (non-hydrogen) atoms. The Kier molecular flexibility index (Phi) is 2.16. The van der Waals surface area contributed by atoms with Gasteiger partial charge in [-0.3, -0.25) is 4.79 Å². The van der Waals surface area contributed by atoms with Crippen LogP contribution in [0.25, 0.3) is 0 Å². The summed E-state index contributed by atoms with van der Waals surface area (Å²) in [5.74, 6) is -1.62. The molecule has 1 unspecified atom stereocenters. The van der Waals surface area contributed by atoms with Crippen LogP contribution in [0.3, 0.4) is 0 Å². The molecule has 1 atom stereocenters. The highest BCUT2D eigenvalue weighted by molar-refractivity contribution is 7.87. The highest BCUT2D eigenvalue weighted by Gasteiger charge is 2.17. The Hall–Kier alpha value is -0.620. The highest BCUT2D eigenvalue weighted by atomic mass is 32.2. The predicted molar refractivity (Wildman–Crippen MR) is 26.8 cm³/mol. The minimum absolute atomic E-state index is 0.824. The van der Waals surface area contributed by atoms with Crippen molar-refractivity contribution in [2.24, 2.45) is 0 Å². The first-order chi connectivity index (χ1) is 3.85. The first-order valence-electron chi connectivity index (χ1n) is 2.03. The van der Waals surface area contributed by atoms with Crippen LogP contribution < -0.4 is 0 Å². The van der Waals surface area contributed by atoms with Crippen LogP contribution in [-0.2, 0) is 14.9 Å². The van der Waals surface area contributed by atoms with Crippen LogP contribution in [0.5, 0.6) is 0 Å². The maximum Gasteiger partial charge on any atom is 0.320 e. The summed E-state index contributed by atoms with van der Waals surface area (Å²) in [4.78, 5) is 9.77. The number of carboxylic acid groups (broad SMARTS) is 1. The van der Waals surface area contributed by atoms with Gasteiger partial charge in [0.2, 0.25) is 0 Å². The molecule has 0 amide bonds. The monoisotopic (exact) mass is 153 g/mol. The van der Waals surface area contributed by atoms with Gasteiger partial charge in [0.15, 0.2) is 0 Å². The summed E-state index contributed by atoms with van der Waals surface area (Å²) in [5.41, 5.74) is 0. The maximum atomic E-state index is 9.84. The highest BCUT2D eigenvalue weighted by Crippen LogP contribution is 1.95. The van der Waals surface area contributed by atoms with Crippen molar-refractivity contribution in [2.45, 2.75) is 12.2 Å². The molecule has 0 saturated carbocycles. The van der Waals surface area contributed by atoms with Crippen molar-refractivity contribution in [1.29, 1.82) is 0 Å². The van der Waals surface area contributed by atoms with E-state index in [-0.39, 0.29) is 0 Å². The van der Waals surface area contributed by atoms with Crippen molar-refractivity contribution in [3.8, 4) is 0 Å². The average molecular weight is 153 g/mol. The fourth-order valence-corrected chi connectivity index (χ4v) is 0.370. The summed E-state index contributed by atoms with van der Waals surface area (Å²) in [6.07, 6.45) is 0. The van der Waals surface area contributed by atoms with E-state index in [4.69, 9.17) is 5.11 Å². The van der Waals surface area contributed by atoms with Crippen LogP contribution >= 0.6 is 0 Å². The van der Waals surface area contributed by atoms with Crippen molar-refractivity contribution in [1.82, 2.24) is 0 Å². The van der Waals surface area contributed by atoms with Gasteiger partial charge < -0.3 is 9.66 Å². The fourth-order valence-electron chi connectivity index (χ4n) is 0.123. The maximum absolute atomic E-state index is 9.84. The predicted octanol–water partition coefficient (Wildman–Crippen LogP) is -0.995. The van der Waals surface area contributed by atoms with Crippen molar-refractivity contribution < 1.29 is 22.9 Å². The molecule has 0 fully saturated rings. The fraction of sp³-hybridized carbons (Fsp3) is 0.667. The first kappa shape index (κ1) is 8.38. The minimum Gasteiger partial charge on any atom is -0.747 e. The lowest BCUT2D eigenvalue weighted by molar-refractivity contribution is -0.136. The lowest BCUT2D eigenvalue weighted by Gasteiger charge is -2.09. The summed E-state index contributed by atoms with van der Waals surface area (Å²) >= 11 is 0. The first-order valence-corrected chi connectivity index (χ1v) is 3.50. The zero-order valence-corrected chi connectivity index (χ0v) is 5.38. The number of carbonyl (C=O) groups is 1. The third-order valence-corrected chi connectivity index (χ3v) is 1.85. The molecule has 0 heterocycles. The topological polar surface area (TPSA) is 94.5 Å². The largest absolute Gasteiger partial charge is 0.747 e. The molecule has 0 aromatic rings. The molecular formula is C3H5O5S-. The second kappa shape index (κ2) is 2.32. The van der Waals surface area contributed by atoms with Gasteiger partial charge in [0.05, 0.1) is 0 Å². The molecule has 0 bridgehead atoms. The number of aliphatic carboxylic acids is 1. The van der Waals surface area contributed by atoms with E-state index in [0.29, 0.717) is 0 Å². The molecule has 0 radical (unpaired) electrons. The van der Waals surface area contributed by atoms with Gasteiger partial charge >= 0.3 is 5.97 Å². The molecule has 0 aliphatic heterocycles. The van der Waals surface area contributed by atoms with Gasteiger partial charge in [0.25, 0.3) is 0 Å². The third-order valence-electron chi connectivity index (χ3n) is 0.781. The zero-order valence-electron chi connectivity index (χ0n) is 4.57. The Balaban J connectivity index is 4.43. The lowest BCUT2D eigenvalue weighted by atomic mass is 10.5. The zero-order chi connectivity index (χ0) is 7.65. The Morgan fingerprint density at radius 3 is 2.00 bits per heavy atom. The molecule has 0 saturated heterocycles. The van der Waals surface area contributed by atoms with Gasteiger partial charge in [-0.05, 0) is 6.92 Å². The summed E-state index contributed by atoms with van der Waals surface area (Å²) in [6, 6.07) is 0. The van der Waals surface area contributed by atoms with Gasteiger partial charge in [0, 0.05) is 0 Å². The number of hydrogen-bond donors (Lipinski definition) is 1. The molecule has 0 aromatic heterocycles. The summed E-state index contributed by atoms with van der Waals surface area (Å²) < 4.78 is 29.5. The van der Waals surface area contributed by atoms with Crippen molar-refractivity contribution in [2.75, 3.05) is 0 Å². The second-order valence-electron chi connectivity index (χ2n) is 1.47. The summed E-state index contributed by atoms with van der Waals surface area (Å²) in [6.45, 7) is 0.824. The Bertz CT molecular complexity index is 202. The number of hydrogen-bond acceptors (Lipinski definition) is 4. The van der Waals surface area contributed by atoms with Crippen LogP contribution in [0.2, 0.25) is 0 Å². The average Bonchev–Trinajstić information content (AvgIpc) is 1.62. The molecule has 0 aliphatic rings. The van der Waals surface area contributed by atoms with E-state index in [0.717, 1.165) is 6.92 Å².